The predicted molar refractivity (Wildman–Crippen MR) is 113 cm³/mol. The summed E-state index contributed by atoms with van der Waals surface area (Å²) in [5, 5.41) is 18.8. The predicted octanol–water partition coefficient (Wildman–Crippen LogP) is 2.29. The Labute approximate surface area is 172 Å². The SMILES string of the molecule is O=S(=O)(Cc1noc2ccccc12)NCCNc1ccc(Nc2cccnc2)nn1. The Hall–Kier alpha value is -3.57. The van der Waals surface area contributed by atoms with E-state index in [0.717, 1.165) is 5.69 Å². The summed E-state index contributed by atoms with van der Waals surface area (Å²) in [6.07, 6.45) is 3.37. The highest BCUT2D eigenvalue weighted by molar-refractivity contribution is 7.88. The number of benzene rings is 1. The smallest absolute Gasteiger partial charge is 0.217 e. The van der Waals surface area contributed by atoms with Gasteiger partial charge in [-0.2, -0.15) is 0 Å². The largest absolute Gasteiger partial charge is 0.367 e. The minimum Gasteiger partial charge on any atom is -0.367 e. The van der Waals surface area contributed by atoms with Gasteiger partial charge >= 0.3 is 0 Å². The second-order valence-electron chi connectivity index (χ2n) is 6.38. The molecule has 3 N–H and O–H groups in total. The summed E-state index contributed by atoms with van der Waals surface area (Å²) >= 11 is 0. The molecule has 4 rings (SSSR count). The first-order valence-corrected chi connectivity index (χ1v) is 10.8. The number of fused-ring (bicyclic) bond motifs is 1. The van der Waals surface area contributed by atoms with Crippen molar-refractivity contribution in [2.75, 3.05) is 23.7 Å². The van der Waals surface area contributed by atoms with Gasteiger partial charge in [-0.1, -0.05) is 17.3 Å². The third-order valence-electron chi connectivity index (χ3n) is 4.13. The zero-order valence-corrected chi connectivity index (χ0v) is 16.6. The average molecular weight is 425 g/mol. The van der Waals surface area contributed by atoms with E-state index in [1.807, 2.05) is 18.2 Å². The van der Waals surface area contributed by atoms with Crippen LogP contribution in [-0.2, 0) is 15.8 Å². The van der Waals surface area contributed by atoms with E-state index in [1.54, 1.807) is 42.7 Å². The maximum absolute atomic E-state index is 12.3. The number of aromatic nitrogens is 4. The second kappa shape index (κ2) is 8.84. The first-order valence-electron chi connectivity index (χ1n) is 9.14. The molecule has 10 nitrogen and oxygen atoms in total. The molecule has 1 aromatic carbocycles. The molecule has 3 heterocycles. The number of nitrogens with one attached hydrogen (secondary N) is 3. The van der Waals surface area contributed by atoms with E-state index in [1.165, 1.54) is 0 Å². The van der Waals surface area contributed by atoms with Crippen LogP contribution in [-0.4, -0.2) is 41.8 Å². The fraction of sp³-hybridized carbons (Fsp3) is 0.158. The number of para-hydroxylation sites is 1. The van der Waals surface area contributed by atoms with Crippen LogP contribution in [0.1, 0.15) is 5.69 Å². The summed E-state index contributed by atoms with van der Waals surface area (Å²) < 4.78 is 32.3. The lowest BCUT2D eigenvalue weighted by atomic mass is 10.2. The van der Waals surface area contributed by atoms with Gasteiger partial charge in [-0.25, -0.2) is 13.1 Å². The molecule has 4 aromatic rings. The Morgan fingerprint density at radius 2 is 1.77 bits per heavy atom. The van der Waals surface area contributed by atoms with Gasteiger partial charge in [0, 0.05) is 24.7 Å². The van der Waals surface area contributed by atoms with Crippen LogP contribution in [0.2, 0.25) is 0 Å². The van der Waals surface area contributed by atoms with Crippen molar-refractivity contribution >= 4 is 38.3 Å². The summed E-state index contributed by atoms with van der Waals surface area (Å²) in [7, 11) is -3.56. The second-order valence-corrected chi connectivity index (χ2v) is 8.18. The van der Waals surface area contributed by atoms with E-state index in [2.05, 4.69) is 35.7 Å². The zero-order valence-electron chi connectivity index (χ0n) is 15.8. The van der Waals surface area contributed by atoms with Crippen LogP contribution in [0.5, 0.6) is 0 Å². The van der Waals surface area contributed by atoms with Crippen molar-refractivity contribution in [3.05, 3.63) is 66.6 Å². The number of hydrogen-bond acceptors (Lipinski definition) is 9. The van der Waals surface area contributed by atoms with Crippen LogP contribution >= 0.6 is 0 Å². The number of anilines is 3. The first kappa shape index (κ1) is 19.7. The molecule has 0 aliphatic rings. The molecule has 11 heteroatoms. The summed E-state index contributed by atoms with van der Waals surface area (Å²) in [6, 6.07) is 14.3. The average Bonchev–Trinajstić information content (AvgIpc) is 3.15. The quantitative estimate of drug-likeness (QED) is 0.345. The van der Waals surface area contributed by atoms with Gasteiger partial charge < -0.3 is 15.2 Å². The molecule has 0 amide bonds. The Morgan fingerprint density at radius 1 is 0.933 bits per heavy atom. The Balaban J connectivity index is 1.25. The normalized spacial score (nSPS) is 11.5. The van der Waals surface area contributed by atoms with Gasteiger partial charge in [0.2, 0.25) is 10.0 Å². The monoisotopic (exact) mass is 425 g/mol. The van der Waals surface area contributed by atoms with E-state index in [0.29, 0.717) is 34.8 Å². The molecule has 0 unspecified atom stereocenters. The Bertz CT molecular complexity index is 1210. The minimum absolute atomic E-state index is 0.190. The molecule has 0 saturated heterocycles. The standard InChI is InChI=1S/C19H19N7O3S/c27-30(28,13-16-15-5-1-2-6-17(15)29-26-16)22-11-10-21-18-7-8-19(25-24-18)23-14-4-3-9-20-12-14/h1-9,12,22H,10-11,13H2,(H,21,24)(H,23,25). The number of pyridine rings is 1. The molecule has 3 aromatic heterocycles. The lowest BCUT2D eigenvalue weighted by Gasteiger charge is -2.08. The van der Waals surface area contributed by atoms with E-state index in [9.17, 15) is 8.42 Å². The molecule has 0 radical (unpaired) electrons. The van der Waals surface area contributed by atoms with E-state index in [-0.39, 0.29) is 12.3 Å². The fourth-order valence-corrected chi connectivity index (χ4v) is 3.83. The van der Waals surface area contributed by atoms with Crippen molar-refractivity contribution in [1.29, 1.82) is 0 Å². The highest BCUT2D eigenvalue weighted by Gasteiger charge is 2.16. The van der Waals surface area contributed by atoms with Gasteiger partial charge in [0.15, 0.2) is 11.4 Å². The molecule has 0 atom stereocenters. The molecule has 0 aliphatic carbocycles. The van der Waals surface area contributed by atoms with Crippen LogP contribution < -0.4 is 15.4 Å². The van der Waals surface area contributed by atoms with Gasteiger partial charge in [-0.15, -0.1) is 10.2 Å². The van der Waals surface area contributed by atoms with Gasteiger partial charge in [0.25, 0.3) is 0 Å². The van der Waals surface area contributed by atoms with Crippen molar-refractivity contribution in [2.45, 2.75) is 5.75 Å². The highest BCUT2D eigenvalue weighted by atomic mass is 32.2. The van der Waals surface area contributed by atoms with Crippen LogP contribution in [0.25, 0.3) is 11.0 Å². The van der Waals surface area contributed by atoms with Crippen LogP contribution in [0, 0.1) is 0 Å². The zero-order chi connectivity index (χ0) is 20.8. The molecule has 154 valence electrons. The lowest BCUT2D eigenvalue weighted by molar-refractivity contribution is 0.448. The molecule has 0 saturated carbocycles. The van der Waals surface area contributed by atoms with Crippen molar-refractivity contribution in [3.63, 3.8) is 0 Å². The molecule has 0 bridgehead atoms. The highest BCUT2D eigenvalue weighted by Crippen LogP contribution is 2.19. The van der Waals surface area contributed by atoms with Gasteiger partial charge in [0.05, 0.1) is 11.9 Å². The van der Waals surface area contributed by atoms with E-state index >= 15 is 0 Å². The maximum Gasteiger partial charge on any atom is 0.217 e. The number of rotatable bonds is 9. The first-order chi connectivity index (χ1) is 14.6. The van der Waals surface area contributed by atoms with Crippen molar-refractivity contribution in [2.24, 2.45) is 0 Å². The fourth-order valence-electron chi connectivity index (χ4n) is 2.75. The van der Waals surface area contributed by atoms with Gasteiger partial charge in [-0.3, -0.25) is 4.98 Å². The van der Waals surface area contributed by atoms with Gasteiger partial charge in [-0.05, 0) is 36.4 Å². The molecular weight excluding hydrogens is 406 g/mol. The van der Waals surface area contributed by atoms with E-state index < -0.39 is 10.0 Å². The van der Waals surface area contributed by atoms with Crippen LogP contribution in [0.15, 0.2) is 65.4 Å². The van der Waals surface area contributed by atoms with Crippen LogP contribution in [0.4, 0.5) is 17.3 Å². The summed E-state index contributed by atoms with van der Waals surface area (Å²) in [5.74, 6) is 0.862. The van der Waals surface area contributed by atoms with Crippen LogP contribution in [0.3, 0.4) is 0 Å². The van der Waals surface area contributed by atoms with Crippen molar-refractivity contribution in [1.82, 2.24) is 25.1 Å². The summed E-state index contributed by atoms with van der Waals surface area (Å²) in [6.45, 7) is 0.540. The third-order valence-corrected chi connectivity index (χ3v) is 5.43. The number of sulfonamides is 1. The third kappa shape index (κ3) is 5.07. The Morgan fingerprint density at radius 3 is 2.57 bits per heavy atom. The summed E-state index contributed by atoms with van der Waals surface area (Å²) in [4.78, 5) is 4.02. The molecule has 0 spiro atoms. The number of hydrogen-bond donors (Lipinski definition) is 3. The van der Waals surface area contributed by atoms with E-state index in [4.69, 9.17) is 4.52 Å². The van der Waals surface area contributed by atoms with Gasteiger partial charge in [0.1, 0.15) is 17.3 Å². The van der Waals surface area contributed by atoms with Crippen molar-refractivity contribution in [3.8, 4) is 0 Å². The molecule has 0 aliphatic heterocycles. The molecular formula is C19H19N7O3S. The molecule has 30 heavy (non-hydrogen) atoms. The van der Waals surface area contributed by atoms with Crippen molar-refractivity contribution < 1.29 is 12.9 Å². The number of nitrogens with zero attached hydrogens (tertiary/aromatic N) is 4. The maximum atomic E-state index is 12.3. The minimum atomic E-state index is -3.56. The summed E-state index contributed by atoms with van der Waals surface area (Å²) in [5.41, 5.74) is 1.75. The Kier molecular flexibility index (Phi) is 5.82. The molecule has 0 fully saturated rings. The topological polar surface area (TPSA) is 135 Å². The lowest BCUT2D eigenvalue weighted by Crippen LogP contribution is -2.30.